The topological polar surface area (TPSA) is 39.7 Å². The van der Waals surface area contributed by atoms with Gasteiger partial charge in [-0.3, -0.25) is 0 Å². The summed E-state index contributed by atoms with van der Waals surface area (Å²) in [5.74, 6) is 1.58. The van der Waals surface area contributed by atoms with Crippen LogP contribution < -0.4 is 14.8 Å². The maximum Gasteiger partial charge on any atom is 0.161 e. The zero-order valence-corrected chi connectivity index (χ0v) is 12.2. The molecule has 106 valence electrons. The monoisotopic (exact) mass is 265 g/mol. The van der Waals surface area contributed by atoms with Gasteiger partial charge in [-0.2, -0.15) is 0 Å². The molecule has 0 unspecified atom stereocenters. The second-order valence-corrected chi connectivity index (χ2v) is 5.15. The number of hydrogen-bond donors (Lipinski definition) is 1. The van der Waals surface area contributed by atoms with Crippen LogP contribution in [0.5, 0.6) is 11.5 Å². The summed E-state index contributed by atoms with van der Waals surface area (Å²) in [6.07, 6.45) is 1.07. The zero-order chi connectivity index (χ0) is 13.9. The van der Waals surface area contributed by atoms with E-state index < -0.39 is 0 Å². The minimum atomic E-state index is 0.118. The highest BCUT2D eigenvalue weighted by Gasteiger charge is 2.41. The average Bonchev–Trinajstić information content (AvgIpc) is 2.38. The summed E-state index contributed by atoms with van der Waals surface area (Å²) in [5, 5.41) is 3.22. The molecule has 0 saturated carbocycles. The first-order valence-corrected chi connectivity index (χ1v) is 6.62. The lowest BCUT2D eigenvalue weighted by Crippen LogP contribution is -2.48. The van der Waals surface area contributed by atoms with Gasteiger partial charge in [-0.25, -0.2) is 0 Å². The molecule has 1 heterocycles. The number of aryl methyl sites for hydroxylation is 1. The Morgan fingerprint density at radius 2 is 1.84 bits per heavy atom. The van der Waals surface area contributed by atoms with E-state index in [2.05, 4.69) is 18.3 Å². The predicted molar refractivity (Wildman–Crippen MR) is 75.3 cm³/mol. The molecule has 0 bridgehead atoms. The van der Waals surface area contributed by atoms with Crippen molar-refractivity contribution in [3.05, 3.63) is 23.3 Å². The van der Waals surface area contributed by atoms with Gasteiger partial charge < -0.3 is 19.5 Å². The van der Waals surface area contributed by atoms with E-state index in [-0.39, 0.29) is 5.41 Å². The molecule has 0 atom stereocenters. The SMILES string of the molecule is CNCCC1(c2cc(OC)c(OC)cc2C)COC1. The molecule has 4 heteroatoms. The van der Waals surface area contributed by atoms with Crippen molar-refractivity contribution < 1.29 is 14.2 Å². The highest BCUT2D eigenvalue weighted by atomic mass is 16.5. The molecular weight excluding hydrogens is 242 g/mol. The minimum Gasteiger partial charge on any atom is -0.493 e. The highest BCUT2D eigenvalue weighted by Crippen LogP contribution is 2.41. The fraction of sp³-hybridized carbons (Fsp3) is 0.600. The summed E-state index contributed by atoms with van der Waals surface area (Å²) in [6, 6.07) is 4.15. The van der Waals surface area contributed by atoms with Gasteiger partial charge >= 0.3 is 0 Å². The molecule has 1 N–H and O–H groups in total. The molecule has 2 rings (SSSR count). The van der Waals surface area contributed by atoms with Crippen molar-refractivity contribution in [3.63, 3.8) is 0 Å². The van der Waals surface area contributed by atoms with Crippen molar-refractivity contribution in [1.82, 2.24) is 5.32 Å². The van der Waals surface area contributed by atoms with E-state index in [1.54, 1.807) is 14.2 Å². The molecule has 0 radical (unpaired) electrons. The lowest BCUT2D eigenvalue weighted by atomic mass is 9.74. The van der Waals surface area contributed by atoms with Crippen LogP contribution in [0.3, 0.4) is 0 Å². The van der Waals surface area contributed by atoms with Gasteiger partial charge in [0.05, 0.1) is 27.4 Å². The smallest absolute Gasteiger partial charge is 0.161 e. The van der Waals surface area contributed by atoms with Crippen LogP contribution in [0.2, 0.25) is 0 Å². The zero-order valence-electron chi connectivity index (χ0n) is 12.2. The Hall–Kier alpha value is -1.26. The second-order valence-electron chi connectivity index (χ2n) is 5.15. The molecule has 1 saturated heterocycles. The molecule has 19 heavy (non-hydrogen) atoms. The first-order chi connectivity index (χ1) is 9.16. The third kappa shape index (κ3) is 2.55. The van der Waals surface area contributed by atoms with Crippen LogP contribution in [0.25, 0.3) is 0 Å². The van der Waals surface area contributed by atoms with E-state index in [0.29, 0.717) is 0 Å². The maximum atomic E-state index is 5.47. The molecule has 0 amide bonds. The van der Waals surface area contributed by atoms with Crippen LogP contribution in [0, 0.1) is 6.92 Å². The largest absolute Gasteiger partial charge is 0.493 e. The van der Waals surface area contributed by atoms with Gasteiger partial charge in [0.1, 0.15) is 0 Å². The van der Waals surface area contributed by atoms with Crippen molar-refractivity contribution in [2.75, 3.05) is 41.0 Å². The standard InChI is InChI=1S/C15H23NO3/c1-11-7-13(17-3)14(18-4)8-12(11)15(5-6-16-2)9-19-10-15/h7-8,16H,5-6,9-10H2,1-4H3. The van der Waals surface area contributed by atoms with Crippen LogP contribution in [0.15, 0.2) is 12.1 Å². The number of nitrogens with one attached hydrogen (secondary N) is 1. The first-order valence-electron chi connectivity index (χ1n) is 6.62. The van der Waals surface area contributed by atoms with Crippen LogP contribution >= 0.6 is 0 Å². The molecule has 1 fully saturated rings. The summed E-state index contributed by atoms with van der Waals surface area (Å²) >= 11 is 0. The Morgan fingerprint density at radius 3 is 2.32 bits per heavy atom. The van der Waals surface area contributed by atoms with Gasteiger partial charge in [-0.05, 0) is 50.2 Å². The Bertz CT molecular complexity index is 441. The molecule has 1 aliphatic heterocycles. The van der Waals surface area contributed by atoms with Crippen molar-refractivity contribution in [2.45, 2.75) is 18.8 Å². The lowest BCUT2D eigenvalue weighted by Gasteiger charge is -2.43. The Kier molecular flexibility index (Phi) is 4.32. The summed E-state index contributed by atoms with van der Waals surface area (Å²) in [5.41, 5.74) is 2.66. The molecule has 1 aliphatic rings. The van der Waals surface area contributed by atoms with Gasteiger partial charge in [0.2, 0.25) is 0 Å². The fourth-order valence-corrected chi connectivity index (χ4v) is 2.70. The van der Waals surface area contributed by atoms with Gasteiger partial charge in [0.25, 0.3) is 0 Å². The van der Waals surface area contributed by atoms with E-state index >= 15 is 0 Å². The third-order valence-corrected chi connectivity index (χ3v) is 3.91. The predicted octanol–water partition coefficient (Wildman–Crippen LogP) is 1.89. The molecule has 1 aromatic carbocycles. The molecular formula is C15H23NO3. The minimum absolute atomic E-state index is 0.118. The summed E-state index contributed by atoms with van der Waals surface area (Å²) in [4.78, 5) is 0. The average molecular weight is 265 g/mol. The Labute approximate surface area is 115 Å². The number of ether oxygens (including phenoxy) is 3. The highest BCUT2D eigenvalue weighted by molar-refractivity contribution is 5.50. The van der Waals surface area contributed by atoms with E-state index in [9.17, 15) is 0 Å². The summed E-state index contributed by atoms with van der Waals surface area (Å²) in [6.45, 7) is 4.67. The number of methoxy groups -OCH3 is 2. The normalized spacial score (nSPS) is 16.8. The van der Waals surface area contributed by atoms with Gasteiger partial charge in [0, 0.05) is 5.41 Å². The van der Waals surface area contributed by atoms with Crippen LogP contribution in [0.1, 0.15) is 17.5 Å². The Morgan fingerprint density at radius 1 is 1.21 bits per heavy atom. The number of benzene rings is 1. The second kappa shape index (κ2) is 5.80. The van der Waals surface area contributed by atoms with Crippen LogP contribution in [-0.2, 0) is 10.2 Å². The van der Waals surface area contributed by atoms with E-state index in [1.807, 2.05) is 13.1 Å². The lowest BCUT2D eigenvalue weighted by molar-refractivity contribution is -0.0641. The van der Waals surface area contributed by atoms with Crippen LogP contribution in [0.4, 0.5) is 0 Å². The first kappa shape index (κ1) is 14.2. The number of hydrogen-bond acceptors (Lipinski definition) is 4. The van der Waals surface area contributed by atoms with Crippen molar-refractivity contribution in [2.24, 2.45) is 0 Å². The molecule has 0 spiro atoms. The molecule has 0 aliphatic carbocycles. The fourth-order valence-electron chi connectivity index (χ4n) is 2.70. The maximum absolute atomic E-state index is 5.47. The van der Waals surface area contributed by atoms with Crippen LogP contribution in [-0.4, -0.2) is 41.0 Å². The summed E-state index contributed by atoms with van der Waals surface area (Å²) in [7, 11) is 5.32. The van der Waals surface area contributed by atoms with Crippen molar-refractivity contribution >= 4 is 0 Å². The van der Waals surface area contributed by atoms with Gasteiger partial charge in [-0.15, -0.1) is 0 Å². The number of rotatable bonds is 6. The molecule has 4 nitrogen and oxygen atoms in total. The quantitative estimate of drug-likeness (QED) is 0.852. The Balaban J connectivity index is 2.37. The van der Waals surface area contributed by atoms with Crippen molar-refractivity contribution in [1.29, 1.82) is 0 Å². The van der Waals surface area contributed by atoms with Gasteiger partial charge in [-0.1, -0.05) is 0 Å². The molecule has 1 aromatic rings. The van der Waals surface area contributed by atoms with E-state index in [0.717, 1.165) is 37.7 Å². The molecule has 0 aromatic heterocycles. The third-order valence-electron chi connectivity index (χ3n) is 3.91. The van der Waals surface area contributed by atoms with Gasteiger partial charge in [0.15, 0.2) is 11.5 Å². The van der Waals surface area contributed by atoms with E-state index in [4.69, 9.17) is 14.2 Å². The van der Waals surface area contributed by atoms with E-state index in [1.165, 1.54) is 11.1 Å². The summed E-state index contributed by atoms with van der Waals surface area (Å²) < 4.78 is 16.2. The van der Waals surface area contributed by atoms with Crippen molar-refractivity contribution in [3.8, 4) is 11.5 Å².